The molecule has 1 aromatic heterocycles. The van der Waals surface area contributed by atoms with E-state index in [2.05, 4.69) is 21.2 Å². The Kier molecular flexibility index (Phi) is 3.93. The van der Waals surface area contributed by atoms with Gasteiger partial charge in [-0.3, -0.25) is 0 Å². The van der Waals surface area contributed by atoms with E-state index in [1.807, 2.05) is 6.07 Å². The molecule has 4 nitrogen and oxygen atoms in total. The minimum absolute atomic E-state index is 0.0716. The first-order valence-corrected chi connectivity index (χ1v) is 6.24. The van der Waals surface area contributed by atoms with Crippen molar-refractivity contribution in [2.45, 2.75) is 6.54 Å². The van der Waals surface area contributed by atoms with E-state index in [0.717, 1.165) is 5.76 Å². The number of carbonyl (C=O) groups is 1. The van der Waals surface area contributed by atoms with Gasteiger partial charge in [0.2, 0.25) is 0 Å². The van der Waals surface area contributed by atoms with E-state index in [1.165, 1.54) is 6.07 Å². The zero-order valence-electron chi connectivity index (χ0n) is 9.11. The first-order valence-electron chi connectivity index (χ1n) is 5.07. The molecule has 0 atom stereocenters. The summed E-state index contributed by atoms with van der Waals surface area (Å²) in [5, 5.41) is 12.2. The topological polar surface area (TPSA) is 62.5 Å². The minimum Gasteiger partial charge on any atom is -0.478 e. The number of benzene rings is 1. The third kappa shape index (κ3) is 3.05. The normalized spacial score (nSPS) is 10.3. The Labute approximate surface area is 117 Å². The molecule has 18 heavy (non-hydrogen) atoms. The number of hydrogen-bond donors (Lipinski definition) is 2. The maximum atomic E-state index is 10.9. The molecule has 0 bridgehead atoms. The number of carboxylic acids is 1. The van der Waals surface area contributed by atoms with Crippen LogP contribution in [0.15, 0.2) is 39.4 Å². The van der Waals surface area contributed by atoms with Gasteiger partial charge in [-0.2, -0.15) is 0 Å². The second-order valence-corrected chi connectivity index (χ2v) is 4.75. The van der Waals surface area contributed by atoms with E-state index in [4.69, 9.17) is 21.1 Å². The predicted molar refractivity (Wildman–Crippen MR) is 72.1 cm³/mol. The predicted octanol–water partition coefficient (Wildman–Crippen LogP) is 4.01. The Morgan fingerprint density at radius 1 is 1.39 bits per heavy atom. The highest BCUT2D eigenvalue weighted by molar-refractivity contribution is 9.10. The average Bonchev–Trinajstić information content (AvgIpc) is 2.74. The van der Waals surface area contributed by atoms with E-state index in [0.29, 0.717) is 16.9 Å². The molecule has 2 aromatic rings. The number of nitrogens with one attached hydrogen (secondary N) is 1. The highest BCUT2D eigenvalue weighted by atomic mass is 79.9. The molecule has 0 saturated carbocycles. The minimum atomic E-state index is -1.05. The SMILES string of the molecule is O=C(O)c1cc(NCc2ccc(Br)o2)ccc1Cl. The molecule has 0 aliphatic carbocycles. The number of anilines is 1. The Bertz CT molecular complexity index is 582. The van der Waals surface area contributed by atoms with E-state index in [-0.39, 0.29) is 10.6 Å². The van der Waals surface area contributed by atoms with Gasteiger partial charge in [0.1, 0.15) is 5.76 Å². The second-order valence-electron chi connectivity index (χ2n) is 3.56. The van der Waals surface area contributed by atoms with E-state index < -0.39 is 5.97 Å². The third-order valence-electron chi connectivity index (χ3n) is 2.29. The van der Waals surface area contributed by atoms with Crippen molar-refractivity contribution in [3.63, 3.8) is 0 Å². The van der Waals surface area contributed by atoms with Crippen molar-refractivity contribution in [1.29, 1.82) is 0 Å². The van der Waals surface area contributed by atoms with Crippen LogP contribution in [0, 0.1) is 0 Å². The summed E-state index contributed by atoms with van der Waals surface area (Å²) < 4.78 is 5.97. The van der Waals surface area contributed by atoms with Crippen molar-refractivity contribution < 1.29 is 14.3 Å². The molecule has 1 heterocycles. The van der Waals surface area contributed by atoms with Crippen LogP contribution >= 0.6 is 27.5 Å². The lowest BCUT2D eigenvalue weighted by atomic mass is 10.2. The number of rotatable bonds is 4. The molecule has 6 heteroatoms. The average molecular weight is 331 g/mol. The fourth-order valence-electron chi connectivity index (χ4n) is 1.44. The number of carboxylic acid groups (broad SMARTS) is 1. The number of halogens is 2. The highest BCUT2D eigenvalue weighted by Gasteiger charge is 2.09. The van der Waals surface area contributed by atoms with Gasteiger partial charge in [0.25, 0.3) is 0 Å². The van der Waals surface area contributed by atoms with Crippen molar-refractivity contribution in [3.05, 3.63) is 51.3 Å². The van der Waals surface area contributed by atoms with Crippen LogP contribution in [0.5, 0.6) is 0 Å². The molecule has 0 aliphatic rings. The molecule has 0 spiro atoms. The molecule has 0 amide bonds. The molecular formula is C12H9BrClNO3. The lowest BCUT2D eigenvalue weighted by Gasteiger charge is -2.06. The van der Waals surface area contributed by atoms with Crippen molar-refractivity contribution in [2.75, 3.05) is 5.32 Å². The summed E-state index contributed by atoms with van der Waals surface area (Å²) in [6.07, 6.45) is 0. The van der Waals surface area contributed by atoms with Gasteiger partial charge >= 0.3 is 5.97 Å². The van der Waals surface area contributed by atoms with E-state index in [9.17, 15) is 4.79 Å². The molecule has 0 radical (unpaired) electrons. The summed E-state index contributed by atoms with van der Waals surface area (Å²) in [6.45, 7) is 0.465. The van der Waals surface area contributed by atoms with Crippen LogP contribution in [0.1, 0.15) is 16.1 Å². The van der Waals surface area contributed by atoms with Crippen LogP contribution < -0.4 is 5.32 Å². The summed E-state index contributed by atoms with van der Waals surface area (Å²) in [5.74, 6) is -0.307. The first kappa shape index (κ1) is 13.0. The van der Waals surface area contributed by atoms with Crippen LogP contribution in [0.25, 0.3) is 0 Å². The van der Waals surface area contributed by atoms with Gasteiger partial charge < -0.3 is 14.8 Å². The van der Waals surface area contributed by atoms with E-state index >= 15 is 0 Å². The highest BCUT2D eigenvalue weighted by Crippen LogP contribution is 2.21. The molecular weight excluding hydrogens is 321 g/mol. The molecule has 0 unspecified atom stereocenters. The van der Waals surface area contributed by atoms with Gasteiger partial charge in [-0.15, -0.1) is 0 Å². The Morgan fingerprint density at radius 2 is 2.17 bits per heavy atom. The zero-order chi connectivity index (χ0) is 13.1. The molecule has 2 rings (SSSR count). The molecule has 0 fully saturated rings. The summed E-state index contributed by atoms with van der Waals surface area (Å²) in [5.41, 5.74) is 0.742. The van der Waals surface area contributed by atoms with Gasteiger partial charge in [-0.05, 0) is 46.3 Å². The van der Waals surface area contributed by atoms with Gasteiger partial charge in [0.05, 0.1) is 17.1 Å². The fourth-order valence-corrected chi connectivity index (χ4v) is 1.97. The molecule has 1 aromatic carbocycles. The molecule has 2 N–H and O–H groups in total. The Balaban J connectivity index is 2.10. The Hall–Kier alpha value is -1.46. The maximum absolute atomic E-state index is 10.9. The standard InChI is InChI=1S/C12H9BrClNO3/c13-11-4-2-8(18-11)6-15-7-1-3-10(14)9(5-7)12(16)17/h1-5,15H,6H2,(H,16,17). The molecule has 94 valence electrons. The van der Waals surface area contributed by atoms with Crippen molar-refractivity contribution >= 4 is 39.2 Å². The quantitative estimate of drug-likeness (QED) is 0.889. The maximum Gasteiger partial charge on any atom is 0.337 e. The van der Waals surface area contributed by atoms with Crippen LogP contribution in [-0.2, 0) is 6.54 Å². The molecule has 0 saturated heterocycles. The van der Waals surface area contributed by atoms with Crippen molar-refractivity contribution in [1.82, 2.24) is 0 Å². The van der Waals surface area contributed by atoms with Crippen LogP contribution in [0.2, 0.25) is 5.02 Å². The second kappa shape index (κ2) is 5.46. The smallest absolute Gasteiger partial charge is 0.337 e. The lowest BCUT2D eigenvalue weighted by molar-refractivity contribution is 0.0697. The van der Waals surface area contributed by atoms with Crippen LogP contribution in [0.3, 0.4) is 0 Å². The summed E-state index contributed by atoms with van der Waals surface area (Å²) in [6, 6.07) is 8.37. The van der Waals surface area contributed by atoms with Gasteiger partial charge in [0.15, 0.2) is 4.67 Å². The molecule has 0 aliphatic heterocycles. The van der Waals surface area contributed by atoms with Crippen LogP contribution in [-0.4, -0.2) is 11.1 Å². The number of furan rings is 1. The lowest BCUT2D eigenvalue weighted by Crippen LogP contribution is -2.02. The van der Waals surface area contributed by atoms with Crippen molar-refractivity contribution in [3.8, 4) is 0 Å². The van der Waals surface area contributed by atoms with Gasteiger partial charge in [-0.1, -0.05) is 11.6 Å². The van der Waals surface area contributed by atoms with Crippen LogP contribution in [0.4, 0.5) is 5.69 Å². The Morgan fingerprint density at radius 3 is 2.78 bits per heavy atom. The van der Waals surface area contributed by atoms with E-state index in [1.54, 1.807) is 18.2 Å². The first-order chi connectivity index (χ1) is 8.56. The summed E-state index contributed by atoms with van der Waals surface area (Å²) >= 11 is 8.99. The van der Waals surface area contributed by atoms with Gasteiger partial charge in [-0.25, -0.2) is 4.79 Å². The fraction of sp³-hybridized carbons (Fsp3) is 0.0833. The van der Waals surface area contributed by atoms with Gasteiger partial charge in [0, 0.05) is 5.69 Å². The van der Waals surface area contributed by atoms with Crippen molar-refractivity contribution in [2.24, 2.45) is 0 Å². The largest absolute Gasteiger partial charge is 0.478 e. The number of aromatic carboxylic acids is 1. The summed E-state index contributed by atoms with van der Waals surface area (Å²) in [7, 11) is 0. The third-order valence-corrected chi connectivity index (χ3v) is 3.05. The monoisotopic (exact) mass is 329 g/mol. The summed E-state index contributed by atoms with van der Waals surface area (Å²) in [4.78, 5) is 10.9. The zero-order valence-corrected chi connectivity index (χ0v) is 11.5. The number of hydrogen-bond acceptors (Lipinski definition) is 3.